The number of carbonyl (C=O) groups is 2. The molecule has 1 aliphatic heterocycles. The van der Waals surface area contributed by atoms with Gasteiger partial charge in [0.2, 0.25) is 0 Å². The highest BCUT2D eigenvalue weighted by molar-refractivity contribution is 5.97. The molecule has 0 aromatic heterocycles. The van der Waals surface area contributed by atoms with E-state index in [9.17, 15) is 9.59 Å². The van der Waals surface area contributed by atoms with Crippen LogP contribution in [0.25, 0.3) is 0 Å². The van der Waals surface area contributed by atoms with Crippen molar-refractivity contribution >= 4 is 11.6 Å². The lowest BCUT2D eigenvalue weighted by molar-refractivity contribution is 0.0723. The van der Waals surface area contributed by atoms with Crippen LogP contribution in [-0.4, -0.2) is 35.6 Å². The Morgan fingerprint density at radius 2 is 1.20 bits per heavy atom. The van der Waals surface area contributed by atoms with Crippen molar-refractivity contribution in [2.24, 2.45) is 0 Å². The maximum absolute atomic E-state index is 12.5. The van der Waals surface area contributed by atoms with E-state index in [1.54, 1.807) is 0 Å². The topological polar surface area (TPSA) is 37.4 Å². The molecule has 1 aliphatic rings. The second-order valence-corrected chi connectivity index (χ2v) is 6.89. The molecule has 0 radical (unpaired) electrons. The molecule has 0 aliphatic carbocycles. The van der Waals surface area contributed by atoms with E-state index >= 15 is 0 Å². The Bertz CT molecular complexity index is 650. The minimum Gasteiger partial charge on any atom is -0.300 e. The SMILES string of the molecule is CN1C(CC(=O)c2ccccc2)CCCC1CC(=O)c1ccccc1. The Morgan fingerprint density at radius 1 is 0.800 bits per heavy atom. The number of hydrogen-bond donors (Lipinski definition) is 0. The molecule has 1 saturated heterocycles. The molecule has 2 aromatic carbocycles. The number of piperidine rings is 1. The zero-order chi connectivity index (χ0) is 17.6. The summed E-state index contributed by atoms with van der Waals surface area (Å²) < 4.78 is 0. The standard InChI is InChI=1S/C22H25NO2/c1-23-19(15-21(24)17-9-4-2-5-10-17)13-8-14-20(23)16-22(25)18-11-6-3-7-12-18/h2-7,9-12,19-20H,8,13-16H2,1H3. The van der Waals surface area contributed by atoms with Crippen molar-refractivity contribution in [3.63, 3.8) is 0 Å². The smallest absolute Gasteiger partial charge is 0.164 e. The van der Waals surface area contributed by atoms with Gasteiger partial charge in [-0.25, -0.2) is 0 Å². The first-order valence-electron chi connectivity index (χ1n) is 9.03. The van der Waals surface area contributed by atoms with E-state index in [1.165, 1.54) is 0 Å². The van der Waals surface area contributed by atoms with Gasteiger partial charge in [-0.2, -0.15) is 0 Å². The predicted octanol–water partition coefficient (Wildman–Crippen LogP) is 4.39. The molecule has 130 valence electrons. The van der Waals surface area contributed by atoms with Crippen molar-refractivity contribution in [1.82, 2.24) is 4.90 Å². The summed E-state index contributed by atoms with van der Waals surface area (Å²) in [6, 6.07) is 19.4. The molecule has 3 rings (SSSR count). The van der Waals surface area contributed by atoms with Gasteiger partial charge in [0.25, 0.3) is 0 Å². The predicted molar refractivity (Wildman–Crippen MR) is 100.0 cm³/mol. The van der Waals surface area contributed by atoms with Gasteiger partial charge < -0.3 is 0 Å². The van der Waals surface area contributed by atoms with Gasteiger partial charge in [0.15, 0.2) is 11.6 Å². The summed E-state index contributed by atoms with van der Waals surface area (Å²) in [5.74, 6) is 0.375. The van der Waals surface area contributed by atoms with Crippen LogP contribution in [0.5, 0.6) is 0 Å². The van der Waals surface area contributed by atoms with Crippen molar-refractivity contribution in [3.8, 4) is 0 Å². The van der Waals surface area contributed by atoms with E-state index in [0.717, 1.165) is 30.4 Å². The van der Waals surface area contributed by atoms with E-state index in [2.05, 4.69) is 11.9 Å². The first-order valence-corrected chi connectivity index (χ1v) is 9.03. The van der Waals surface area contributed by atoms with Crippen LogP contribution in [0, 0.1) is 0 Å². The molecule has 0 amide bonds. The number of ketones is 2. The van der Waals surface area contributed by atoms with Crippen LogP contribution in [0.15, 0.2) is 60.7 Å². The Labute approximate surface area is 149 Å². The average molecular weight is 335 g/mol. The lowest BCUT2D eigenvalue weighted by Gasteiger charge is -2.39. The maximum atomic E-state index is 12.5. The maximum Gasteiger partial charge on any atom is 0.164 e. The third-order valence-corrected chi connectivity index (χ3v) is 5.26. The average Bonchev–Trinajstić information content (AvgIpc) is 2.66. The number of likely N-dealkylation sites (tertiary alicyclic amines) is 1. The van der Waals surface area contributed by atoms with Crippen molar-refractivity contribution < 1.29 is 9.59 Å². The van der Waals surface area contributed by atoms with Crippen LogP contribution in [0.3, 0.4) is 0 Å². The molecule has 25 heavy (non-hydrogen) atoms. The minimum atomic E-state index is 0.187. The number of rotatable bonds is 6. The van der Waals surface area contributed by atoms with Gasteiger partial charge in [0.05, 0.1) is 0 Å². The summed E-state index contributed by atoms with van der Waals surface area (Å²) in [6.07, 6.45) is 4.16. The fraction of sp³-hybridized carbons (Fsp3) is 0.364. The molecular weight excluding hydrogens is 310 g/mol. The van der Waals surface area contributed by atoms with Gasteiger partial charge >= 0.3 is 0 Å². The number of carbonyl (C=O) groups excluding carboxylic acids is 2. The highest BCUT2D eigenvalue weighted by Gasteiger charge is 2.30. The monoisotopic (exact) mass is 335 g/mol. The Kier molecular flexibility index (Phi) is 5.77. The summed E-state index contributed by atoms with van der Waals surface area (Å²) in [5.41, 5.74) is 1.55. The van der Waals surface area contributed by atoms with E-state index < -0.39 is 0 Å². The second-order valence-electron chi connectivity index (χ2n) is 6.89. The van der Waals surface area contributed by atoms with E-state index in [1.807, 2.05) is 60.7 Å². The molecule has 0 spiro atoms. The third kappa shape index (κ3) is 4.43. The normalized spacial score (nSPS) is 21.0. The Balaban J connectivity index is 1.62. The molecule has 1 fully saturated rings. The number of nitrogens with zero attached hydrogens (tertiary/aromatic N) is 1. The molecule has 0 bridgehead atoms. The quantitative estimate of drug-likeness (QED) is 0.735. The number of hydrogen-bond acceptors (Lipinski definition) is 3. The summed E-state index contributed by atoms with van der Waals surface area (Å²) in [4.78, 5) is 27.3. The summed E-state index contributed by atoms with van der Waals surface area (Å²) in [5, 5.41) is 0. The van der Waals surface area contributed by atoms with E-state index in [0.29, 0.717) is 12.8 Å². The lowest BCUT2D eigenvalue weighted by atomic mass is 9.88. The van der Waals surface area contributed by atoms with Crippen LogP contribution in [0.1, 0.15) is 52.8 Å². The first-order chi connectivity index (χ1) is 12.1. The third-order valence-electron chi connectivity index (χ3n) is 5.26. The van der Waals surface area contributed by atoms with Gasteiger partial charge in [0.1, 0.15) is 0 Å². The molecule has 0 N–H and O–H groups in total. The van der Waals surface area contributed by atoms with Crippen LogP contribution in [0.2, 0.25) is 0 Å². The van der Waals surface area contributed by atoms with Crippen molar-refractivity contribution in [2.75, 3.05) is 7.05 Å². The van der Waals surface area contributed by atoms with E-state index in [4.69, 9.17) is 0 Å². The highest BCUT2D eigenvalue weighted by Crippen LogP contribution is 2.27. The summed E-state index contributed by atoms with van der Waals surface area (Å²) in [6.45, 7) is 0. The van der Waals surface area contributed by atoms with E-state index in [-0.39, 0.29) is 23.7 Å². The summed E-state index contributed by atoms with van der Waals surface area (Å²) in [7, 11) is 2.06. The zero-order valence-corrected chi connectivity index (χ0v) is 14.7. The highest BCUT2D eigenvalue weighted by atomic mass is 16.1. The van der Waals surface area contributed by atoms with Crippen LogP contribution < -0.4 is 0 Å². The van der Waals surface area contributed by atoms with Crippen molar-refractivity contribution in [1.29, 1.82) is 0 Å². The Hall–Kier alpha value is -2.26. The van der Waals surface area contributed by atoms with Gasteiger partial charge in [-0.1, -0.05) is 67.1 Å². The van der Waals surface area contributed by atoms with Crippen molar-refractivity contribution in [2.45, 2.75) is 44.2 Å². The number of Topliss-reactive ketones (excluding diaryl/α,β-unsaturated/α-hetero) is 2. The Morgan fingerprint density at radius 3 is 1.60 bits per heavy atom. The minimum absolute atomic E-state index is 0.187. The molecular formula is C22H25NO2. The van der Waals surface area contributed by atoms with Gasteiger partial charge in [-0.05, 0) is 19.9 Å². The molecule has 2 unspecified atom stereocenters. The van der Waals surface area contributed by atoms with Crippen LogP contribution in [-0.2, 0) is 0 Å². The molecule has 3 nitrogen and oxygen atoms in total. The largest absolute Gasteiger partial charge is 0.300 e. The molecule has 0 saturated carbocycles. The second kappa shape index (κ2) is 8.21. The van der Waals surface area contributed by atoms with Gasteiger partial charge in [-0.3, -0.25) is 14.5 Å². The first kappa shape index (κ1) is 17.6. The summed E-state index contributed by atoms with van der Waals surface area (Å²) >= 11 is 0. The zero-order valence-electron chi connectivity index (χ0n) is 14.7. The molecule has 2 aromatic rings. The molecule has 3 heteroatoms. The fourth-order valence-corrected chi connectivity index (χ4v) is 3.70. The molecule has 1 heterocycles. The number of benzene rings is 2. The van der Waals surface area contributed by atoms with Crippen molar-refractivity contribution in [3.05, 3.63) is 71.8 Å². The van der Waals surface area contributed by atoms with Crippen LogP contribution in [0.4, 0.5) is 0 Å². The molecule has 2 atom stereocenters. The lowest BCUT2D eigenvalue weighted by Crippen LogP contribution is -2.45. The fourth-order valence-electron chi connectivity index (χ4n) is 3.70. The van der Waals surface area contributed by atoms with Gasteiger partial charge in [-0.15, -0.1) is 0 Å². The van der Waals surface area contributed by atoms with Crippen LogP contribution >= 0.6 is 0 Å². The van der Waals surface area contributed by atoms with Gasteiger partial charge in [0, 0.05) is 36.1 Å².